The molecule has 5 heteroatoms. The van der Waals surface area contributed by atoms with Crippen LogP contribution in [-0.2, 0) is 4.79 Å². The van der Waals surface area contributed by atoms with Crippen molar-refractivity contribution in [2.24, 2.45) is 0 Å². The monoisotopic (exact) mass is 312 g/mol. The summed E-state index contributed by atoms with van der Waals surface area (Å²) in [5.41, 5.74) is 0.803. The number of fused-ring (bicyclic) bond motifs is 1. The molecule has 2 aromatic rings. The van der Waals surface area contributed by atoms with Gasteiger partial charge in [-0.1, -0.05) is 30.3 Å². The van der Waals surface area contributed by atoms with Crippen LogP contribution in [0.5, 0.6) is 11.5 Å². The first kappa shape index (κ1) is 15.4. The van der Waals surface area contributed by atoms with Gasteiger partial charge in [0.2, 0.25) is 5.91 Å². The molecule has 0 fully saturated rings. The van der Waals surface area contributed by atoms with E-state index >= 15 is 0 Å². The Hall–Kier alpha value is -2.53. The summed E-state index contributed by atoms with van der Waals surface area (Å²) in [4.78, 5) is 14.0. The molecule has 120 valence electrons. The van der Waals surface area contributed by atoms with Gasteiger partial charge in [-0.2, -0.15) is 0 Å². The Balaban J connectivity index is 1.48. The molecule has 1 N–H and O–H groups in total. The molecule has 1 amide bonds. The van der Waals surface area contributed by atoms with E-state index in [0.29, 0.717) is 19.7 Å². The summed E-state index contributed by atoms with van der Waals surface area (Å²) in [5, 5.41) is 2.87. The number of likely N-dealkylation sites (N-methyl/N-ethyl adjacent to an activating group) is 1. The number of para-hydroxylation sites is 3. The third-order valence-corrected chi connectivity index (χ3v) is 3.55. The Labute approximate surface area is 135 Å². The van der Waals surface area contributed by atoms with Crippen LogP contribution in [0.4, 0.5) is 5.69 Å². The normalized spacial score (nSPS) is 16.2. The number of benzene rings is 2. The second-order valence-corrected chi connectivity index (χ2v) is 5.61. The van der Waals surface area contributed by atoms with E-state index in [1.54, 1.807) is 0 Å². The van der Waals surface area contributed by atoms with Gasteiger partial charge in [-0.15, -0.1) is 0 Å². The Kier molecular flexibility index (Phi) is 4.78. The van der Waals surface area contributed by atoms with Crippen LogP contribution >= 0.6 is 0 Å². The molecule has 0 aliphatic carbocycles. The van der Waals surface area contributed by atoms with Gasteiger partial charge in [-0.05, 0) is 31.3 Å². The third kappa shape index (κ3) is 4.23. The highest BCUT2D eigenvalue weighted by Gasteiger charge is 2.22. The molecule has 3 rings (SSSR count). The second kappa shape index (κ2) is 7.15. The van der Waals surface area contributed by atoms with Gasteiger partial charge >= 0.3 is 0 Å². The second-order valence-electron chi connectivity index (χ2n) is 5.61. The summed E-state index contributed by atoms with van der Waals surface area (Å²) in [5.74, 6) is 1.48. The minimum absolute atomic E-state index is 0.0455. The first-order chi connectivity index (χ1) is 11.2. The van der Waals surface area contributed by atoms with Crippen LogP contribution in [0.15, 0.2) is 54.6 Å². The van der Waals surface area contributed by atoms with Crippen molar-refractivity contribution in [1.29, 1.82) is 0 Å². The van der Waals surface area contributed by atoms with E-state index in [0.717, 1.165) is 17.2 Å². The average molecular weight is 312 g/mol. The van der Waals surface area contributed by atoms with Gasteiger partial charge in [-0.3, -0.25) is 9.69 Å². The quantitative estimate of drug-likeness (QED) is 0.921. The van der Waals surface area contributed by atoms with E-state index in [4.69, 9.17) is 9.47 Å². The Morgan fingerprint density at radius 2 is 1.83 bits per heavy atom. The maximum absolute atomic E-state index is 12.0. The molecule has 0 aromatic heterocycles. The van der Waals surface area contributed by atoms with Crippen LogP contribution in [0.1, 0.15) is 0 Å². The van der Waals surface area contributed by atoms with Gasteiger partial charge in [0.25, 0.3) is 0 Å². The lowest BCUT2D eigenvalue weighted by Gasteiger charge is -2.29. The van der Waals surface area contributed by atoms with Crippen LogP contribution in [-0.4, -0.2) is 43.7 Å². The van der Waals surface area contributed by atoms with E-state index in [2.05, 4.69) is 5.32 Å². The van der Waals surface area contributed by atoms with E-state index < -0.39 is 0 Å². The van der Waals surface area contributed by atoms with Crippen molar-refractivity contribution in [3.63, 3.8) is 0 Å². The van der Waals surface area contributed by atoms with Crippen LogP contribution in [0.25, 0.3) is 0 Å². The first-order valence-corrected chi connectivity index (χ1v) is 7.62. The van der Waals surface area contributed by atoms with Crippen LogP contribution in [0.2, 0.25) is 0 Å². The number of anilines is 1. The van der Waals surface area contributed by atoms with Crippen molar-refractivity contribution in [2.75, 3.05) is 32.1 Å². The number of rotatable bonds is 5. The summed E-state index contributed by atoms with van der Waals surface area (Å²) >= 11 is 0. The van der Waals surface area contributed by atoms with Crippen molar-refractivity contribution in [3.05, 3.63) is 54.6 Å². The van der Waals surface area contributed by atoms with E-state index in [1.807, 2.05) is 66.5 Å². The molecular formula is C18H20N2O3. The Bertz CT molecular complexity index is 660. The number of hydrogen-bond donors (Lipinski definition) is 1. The molecule has 23 heavy (non-hydrogen) atoms. The highest BCUT2D eigenvalue weighted by atomic mass is 16.6. The summed E-state index contributed by atoms with van der Waals surface area (Å²) < 4.78 is 11.6. The number of ether oxygens (including phenoxy) is 2. The van der Waals surface area contributed by atoms with Crippen LogP contribution in [0.3, 0.4) is 0 Å². The lowest BCUT2D eigenvalue weighted by molar-refractivity contribution is -0.117. The van der Waals surface area contributed by atoms with Crippen molar-refractivity contribution in [3.8, 4) is 11.5 Å². The van der Waals surface area contributed by atoms with Gasteiger partial charge in [0, 0.05) is 12.2 Å². The molecule has 1 aliphatic heterocycles. The van der Waals surface area contributed by atoms with Gasteiger partial charge in [0.1, 0.15) is 12.7 Å². The SMILES string of the molecule is CN(CC(=O)Nc1ccccc1)CC1COc2ccccc2O1. The molecule has 0 spiro atoms. The molecule has 0 saturated heterocycles. The molecule has 1 atom stereocenters. The van der Waals surface area contributed by atoms with Gasteiger partial charge in [0.15, 0.2) is 11.5 Å². The van der Waals surface area contributed by atoms with E-state index in [9.17, 15) is 4.79 Å². The van der Waals surface area contributed by atoms with Crippen LogP contribution < -0.4 is 14.8 Å². The van der Waals surface area contributed by atoms with E-state index in [-0.39, 0.29) is 12.0 Å². The summed E-state index contributed by atoms with van der Waals surface area (Å²) in [6.45, 7) is 1.41. The molecular weight excluding hydrogens is 292 g/mol. The molecule has 5 nitrogen and oxygen atoms in total. The van der Waals surface area contributed by atoms with Crippen molar-refractivity contribution < 1.29 is 14.3 Å². The topological polar surface area (TPSA) is 50.8 Å². The van der Waals surface area contributed by atoms with Crippen molar-refractivity contribution in [1.82, 2.24) is 4.90 Å². The summed E-state index contributed by atoms with van der Waals surface area (Å²) in [6, 6.07) is 17.1. The average Bonchev–Trinajstić information content (AvgIpc) is 2.55. The predicted molar refractivity (Wildman–Crippen MR) is 88.9 cm³/mol. The van der Waals surface area contributed by atoms with Crippen molar-refractivity contribution in [2.45, 2.75) is 6.10 Å². The van der Waals surface area contributed by atoms with Gasteiger partial charge in [-0.25, -0.2) is 0 Å². The molecule has 1 unspecified atom stereocenters. The zero-order chi connectivity index (χ0) is 16.1. The summed E-state index contributed by atoms with van der Waals surface area (Å²) in [7, 11) is 1.90. The molecule has 0 radical (unpaired) electrons. The molecule has 0 saturated carbocycles. The van der Waals surface area contributed by atoms with Crippen molar-refractivity contribution >= 4 is 11.6 Å². The van der Waals surface area contributed by atoms with Crippen LogP contribution in [0, 0.1) is 0 Å². The third-order valence-electron chi connectivity index (χ3n) is 3.55. The lowest BCUT2D eigenvalue weighted by atomic mass is 10.2. The number of hydrogen-bond acceptors (Lipinski definition) is 4. The lowest BCUT2D eigenvalue weighted by Crippen LogP contribution is -2.42. The first-order valence-electron chi connectivity index (χ1n) is 7.62. The molecule has 0 bridgehead atoms. The number of carbonyl (C=O) groups is 1. The molecule has 1 aliphatic rings. The zero-order valence-electron chi connectivity index (χ0n) is 13.1. The summed E-state index contributed by atoms with van der Waals surface area (Å²) in [6.07, 6.45) is -0.0839. The zero-order valence-corrected chi connectivity index (χ0v) is 13.1. The highest BCUT2D eigenvalue weighted by molar-refractivity contribution is 5.92. The fourth-order valence-corrected chi connectivity index (χ4v) is 2.53. The largest absolute Gasteiger partial charge is 0.486 e. The highest BCUT2D eigenvalue weighted by Crippen LogP contribution is 2.30. The minimum atomic E-state index is -0.0839. The molecule has 1 heterocycles. The Morgan fingerprint density at radius 3 is 2.61 bits per heavy atom. The fourth-order valence-electron chi connectivity index (χ4n) is 2.53. The fraction of sp³-hybridized carbons (Fsp3) is 0.278. The van der Waals surface area contributed by atoms with Gasteiger partial charge < -0.3 is 14.8 Å². The minimum Gasteiger partial charge on any atom is -0.486 e. The number of nitrogens with zero attached hydrogens (tertiary/aromatic N) is 1. The Morgan fingerprint density at radius 1 is 1.13 bits per heavy atom. The smallest absolute Gasteiger partial charge is 0.238 e. The predicted octanol–water partition coefficient (Wildman–Crippen LogP) is 2.40. The molecule has 2 aromatic carbocycles. The van der Waals surface area contributed by atoms with E-state index in [1.165, 1.54) is 0 Å². The van der Waals surface area contributed by atoms with Gasteiger partial charge in [0.05, 0.1) is 6.54 Å². The standard InChI is InChI=1S/C18H20N2O3/c1-20(12-18(21)19-14-7-3-2-4-8-14)11-15-13-22-16-9-5-6-10-17(16)23-15/h2-10,15H,11-13H2,1H3,(H,19,21). The number of carbonyl (C=O) groups excluding carboxylic acids is 1. The maximum atomic E-state index is 12.0. The number of nitrogens with one attached hydrogen (secondary N) is 1. The number of amides is 1. The maximum Gasteiger partial charge on any atom is 0.238 e.